The highest BCUT2D eigenvalue weighted by Gasteiger charge is 2.32. The molecular formula is C17H16Cl2N2O2. The Morgan fingerprint density at radius 3 is 2.65 bits per heavy atom. The van der Waals surface area contributed by atoms with E-state index in [9.17, 15) is 4.79 Å². The topological polar surface area (TPSA) is 42.4 Å². The van der Waals surface area contributed by atoms with Gasteiger partial charge in [0, 0.05) is 6.54 Å². The van der Waals surface area contributed by atoms with Crippen LogP contribution in [0, 0.1) is 0 Å². The van der Waals surface area contributed by atoms with Crippen LogP contribution in [0.1, 0.15) is 34.9 Å². The Balaban J connectivity index is 1.88. The maximum atomic E-state index is 12.8. The van der Waals surface area contributed by atoms with Crippen LogP contribution >= 0.6 is 23.2 Å². The Morgan fingerprint density at radius 1 is 1.22 bits per heavy atom. The number of likely N-dealkylation sites (tertiary alicyclic amines) is 1. The van der Waals surface area contributed by atoms with Gasteiger partial charge in [-0.25, -0.2) is 4.98 Å². The summed E-state index contributed by atoms with van der Waals surface area (Å²) in [6.07, 6.45) is 1.86. The molecule has 3 rings (SSSR count). The summed E-state index contributed by atoms with van der Waals surface area (Å²) in [5.74, 6) is 0.611. The molecule has 1 amide bonds. The maximum Gasteiger partial charge on any atom is 0.274 e. The van der Waals surface area contributed by atoms with Crippen molar-refractivity contribution in [3.8, 4) is 5.75 Å². The van der Waals surface area contributed by atoms with Gasteiger partial charge in [-0.05, 0) is 42.7 Å². The SMILES string of the molecule is COc1ccc(C2CCCN2C(=O)c2nc(Cl)ccc2Cl)cc1. The van der Waals surface area contributed by atoms with Crippen molar-refractivity contribution >= 4 is 29.1 Å². The molecular weight excluding hydrogens is 335 g/mol. The minimum atomic E-state index is -0.184. The van der Waals surface area contributed by atoms with E-state index in [1.54, 1.807) is 19.2 Å². The summed E-state index contributed by atoms with van der Waals surface area (Å²) >= 11 is 12.0. The molecule has 23 heavy (non-hydrogen) atoms. The van der Waals surface area contributed by atoms with Gasteiger partial charge in [-0.2, -0.15) is 0 Å². The molecule has 1 atom stereocenters. The summed E-state index contributed by atoms with van der Waals surface area (Å²) in [5.41, 5.74) is 1.29. The van der Waals surface area contributed by atoms with Crippen LogP contribution in [0.25, 0.3) is 0 Å². The molecule has 4 nitrogen and oxygen atoms in total. The van der Waals surface area contributed by atoms with Crippen molar-refractivity contribution in [1.82, 2.24) is 9.88 Å². The van der Waals surface area contributed by atoms with Crippen LogP contribution in [0.2, 0.25) is 10.2 Å². The Bertz CT molecular complexity index is 719. The third-order valence-corrected chi connectivity index (χ3v) is 4.54. The van der Waals surface area contributed by atoms with Crippen LogP contribution in [0.15, 0.2) is 36.4 Å². The molecule has 1 aromatic carbocycles. The largest absolute Gasteiger partial charge is 0.497 e. The minimum absolute atomic E-state index is 0.0188. The summed E-state index contributed by atoms with van der Waals surface area (Å²) in [7, 11) is 1.63. The number of carbonyl (C=O) groups excluding carboxylic acids is 1. The smallest absolute Gasteiger partial charge is 0.274 e. The molecule has 1 unspecified atom stereocenters. The molecule has 1 saturated heterocycles. The van der Waals surface area contributed by atoms with Gasteiger partial charge >= 0.3 is 0 Å². The average molecular weight is 351 g/mol. The van der Waals surface area contributed by atoms with E-state index < -0.39 is 0 Å². The third-order valence-electron chi connectivity index (χ3n) is 4.03. The second kappa shape index (κ2) is 6.77. The van der Waals surface area contributed by atoms with E-state index in [-0.39, 0.29) is 22.8 Å². The number of carbonyl (C=O) groups is 1. The van der Waals surface area contributed by atoms with Crippen molar-refractivity contribution in [3.63, 3.8) is 0 Å². The van der Waals surface area contributed by atoms with Crippen molar-refractivity contribution in [2.75, 3.05) is 13.7 Å². The summed E-state index contributed by atoms with van der Waals surface area (Å²) in [5, 5.41) is 0.581. The molecule has 120 valence electrons. The van der Waals surface area contributed by atoms with E-state index in [1.165, 1.54) is 0 Å². The van der Waals surface area contributed by atoms with Gasteiger partial charge in [-0.1, -0.05) is 35.3 Å². The number of halogens is 2. The van der Waals surface area contributed by atoms with Crippen molar-refractivity contribution in [2.45, 2.75) is 18.9 Å². The van der Waals surface area contributed by atoms with Gasteiger partial charge in [-0.15, -0.1) is 0 Å². The lowest BCUT2D eigenvalue weighted by molar-refractivity contribution is 0.0730. The maximum absolute atomic E-state index is 12.8. The van der Waals surface area contributed by atoms with Crippen molar-refractivity contribution in [2.24, 2.45) is 0 Å². The molecule has 1 fully saturated rings. The lowest BCUT2D eigenvalue weighted by atomic mass is 10.0. The van der Waals surface area contributed by atoms with Crippen molar-refractivity contribution < 1.29 is 9.53 Å². The molecule has 0 aliphatic carbocycles. The predicted molar refractivity (Wildman–Crippen MR) is 90.3 cm³/mol. The van der Waals surface area contributed by atoms with E-state index in [0.29, 0.717) is 11.6 Å². The highest BCUT2D eigenvalue weighted by atomic mass is 35.5. The molecule has 2 aromatic rings. The summed E-state index contributed by atoms with van der Waals surface area (Å²) in [4.78, 5) is 18.7. The quantitative estimate of drug-likeness (QED) is 0.771. The Kier molecular flexibility index (Phi) is 4.74. The Labute approximate surface area is 145 Å². The zero-order chi connectivity index (χ0) is 16.4. The molecule has 0 N–H and O–H groups in total. The molecule has 0 radical (unpaired) electrons. The number of hydrogen-bond acceptors (Lipinski definition) is 3. The Hall–Kier alpha value is -1.78. The average Bonchev–Trinajstić information content (AvgIpc) is 3.06. The monoisotopic (exact) mass is 350 g/mol. The number of amides is 1. The van der Waals surface area contributed by atoms with Crippen molar-refractivity contribution in [3.05, 3.63) is 57.8 Å². The first-order chi connectivity index (χ1) is 11.1. The van der Waals surface area contributed by atoms with Gasteiger partial charge in [0.15, 0.2) is 0 Å². The highest BCUT2D eigenvalue weighted by molar-refractivity contribution is 6.34. The number of ether oxygens (including phenoxy) is 1. The standard InChI is InChI=1S/C17H16Cl2N2O2/c1-23-12-6-4-11(5-7-12)14-3-2-10-21(14)17(22)16-13(18)8-9-15(19)20-16/h4-9,14H,2-3,10H2,1H3. The summed E-state index contributed by atoms with van der Waals surface area (Å²) < 4.78 is 5.18. The van der Waals surface area contributed by atoms with Crippen LogP contribution in [-0.4, -0.2) is 29.4 Å². The molecule has 2 heterocycles. The first-order valence-corrected chi connectivity index (χ1v) is 8.12. The number of benzene rings is 1. The van der Waals surface area contributed by atoms with Gasteiger partial charge in [0.2, 0.25) is 0 Å². The van der Waals surface area contributed by atoms with E-state index in [0.717, 1.165) is 24.2 Å². The van der Waals surface area contributed by atoms with Gasteiger partial charge in [0.05, 0.1) is 18.2 Å². The van der Waals surface area contributed by atoms with Gasteiger partial charge in [-0.3, -0.25) is 4.79 Å². The first kappa shape index (κ1) is 16.1. The van der Waals surface area contributed by atoms with E-state index in [4.69, 9.17) is 27.9 Å². The third kappa shape index (κ3) is 3.28. The number of methoxy groups -OCH3 is 1. The lowest BCUT2D eigenvalue weighted by Crippen LogP contribution is -2.31. The predicted octanol–water partition coefficient (Wildman–Crippen LogP) is 4.37. The molecule has 0 saturated carbocycles. The second-order valence-corrected chi connectivity index (χ2v) is 6.19. The number of pyridine rings is 1. The molecule has 6 heteroatoms. The van der Waals surface area contributed by atoms with Crippen LogP contribution in [0.4, 0.5) is 0 Å². The van der Waals surface area contributed by atoms with Gasteiger partial charge < -0.3 is 9.64 Å². The van der Waals surface area contributed by atoms with Crippen LogP contribution in [-0.2, 0) is 0 Å². The fourth-order valence-corrected chi connectivity index (χ4v) is 3.22. The fraction of sp³-hybridized carbons (Fsp3) is 0.294. The minimum Gasteiger partial charge on any atom is -0.497 e. The second-order valence-electron chi connectivity index (χ2n) is 5.39. The zero-order valence-electron chi connectivity index (χ0n) is 12.6. The zero-order valence-corrected chi connectivity index (χ0v) is 14.1. The van der Waals surface area contributed by atoms with Crippen LogP contribution < -0.4 is 4.74 Å². The molecule has 1 aliphatic rings. The van der Waals surface area contributed by atoms with Crippen LogP contribution in [0.3, 0.4) is 0 Å². The van der Waals surface area contributed by atoms with E-state index in [1.807, 2.05) is 29.2 Å². The van der Waals surface area contributed by atoms with Gasteiger partial charge in [0.25, 0.3) is 5.91 Å². The first-order valence-electron chi connectivity index (χ1n) is 7.37. The number of hydrogen-bond donors (Lipinski definition) is 0. The van der Waals surface area contributed by atoms with E-state index in [2.05, 4.69) is 4.98 Å². The molecule has 0 spiro atoms. The number of aromatic nitrogens is 1. The molecule has 0 bridgehead atoms. The summed E-state index contributed by atoms with van der Waals surface area (Å²) in [6.45, 7) is 0.681. The van der Waals surface area contributed by atoms with Gasteiger partial charge in [0.1, 0.15) is 16.6 Å². The molecule has 1 aliphatic heterocycles. The van der Waals surface area contributed by atoms with E-state index >= 15 is 0 Å². The van der Waals surface area contributed by atoms with Crippen molar-refractivity contribution in [1.29, 1.82) is 0 Å². The number of nitrogens with zero attached hydrogens (tertiary/aromatic N) is 2. The normalized spacial score (nSPS) is 17.3. The Morgan fingerprint density at radius 2 is 1.96 bits per heavy atom. The fourth-order valence-electron chi connectivity index (χ4n) is 2.89. The molecule has 1 aromatic heterocycles. The lowest BCUT2D eigenvalue weighted by Gasteiger charge is -2.25. The summed E-state index contributed by atoms with van der Waals surface area (Å²) in [6, 6.07) is 11.0. The van der Waals surface area contributed by atoms with Crippen LogP contribution in [0.5, 0.6) is 5.75 Å². The number of rotatable bonds is 3. The highest BCUT2D eigenvalue weighted by Crippen LogP contribution is 2.34.